The molecular formula is C23H41N. The Labute approximate surface area is 151 Å². The van der Waals surface area contributed by atoms with Crippen LogP contribution in [0.25, 0.3) is 0 Å². The van der Waals surface area contributed by atoms with Gasteiger partial charge in [-0.05, 0) is 56.3 Å². The van der Waals surface area contributed by atoms with Crippen molar-refractivity contribution in [3.05, 3.63) is 0 Å². The van der Waals surface area contributed by atoms with Gasteiger partial charge in [-0.3, -0.25) is 0 Å². The van der Waals surface area contributed by atoms with E-state index in [4.69, 9.17) is 0 Å². The highest BCUT2D eigenvalue weighted by Gasteiger charge is 2.43. The van der Waals surface area contributed by atoms with E-state index in [1.807, 2.05) is 0 Å². The van der Waals surface area contributed by atoms with Crippen LogP contribution in [-0.2, 0) is 0 Å². The predicted octanol–water partition coefficient (Wildman–Crippen LogP) is 7.65. The van der Waals surface area contributed by atoms with E-state index in [9.17, 15) is 5.26 Å². The quantitative estimate of drug-likeness (QED) is 0.398. The number of nitrogens with zero attached hydrogens (tertiary/aromatic N) is 1. The molecule has 138 valence electrons. The topological polar surface area (TPSA) is 23.8 Å². The van der Waals surface area contributed by atoms with E-state index in [-0.39, 0.29) is 5.41 Å². The van der Waals surface area contributed by atoms with Crippen LogP contribution in [0.5, 0.6) is 0 Å². The van der Waals surface area contributed by atoms with Crippen molar-refractivity contribution < 1.29 is 0 Å². The molecule has 1 nitrogen and oxygen atoms in total. The summed E-state index contributed by atoms with van der Waals surface area (Å²) in [6.45, 7) is 4.59. The molecule has 2 saturated carbocycles. The molecule has 2 aliphatic rings. The lowest BCUT2D eigenvalue weighted by Crippen LogP contribution is -2.36. The lowest BCUT2D eigenvalue weighted by molar-refractivity contribution is 0.0842. The highest BCUT2D eigenvalue weighted by atomic mass is 14.5. The van der Waals surface area contributed by atoms with E-state index in [1.54, 1.807) is 0 Å². The molecule has 0 saturated heterocycles. The molecule has 0 atom stereocenters. The molecule has 0 amide bonds. The van der Waals surface area contributed by atoms with E-state index in [0.29, 0.717) is 5.92 Å². The van der Waals surface area contributed by atoms with E-state index in [2.05, 4.69) is 19.9 Å². The van der Waals surface area contributed by atoms with Gasteiger partial charge >= 0.3 is 0 Å². The predicted molar refractivity (Wildman–Crippen MR) is 104 cm³/mol. The standard InChI is InChI=1S/C23H41N/c1-3-5-7-9-20-11-13-22(14-12-20)23(19-24)17-15-21(16-18-23)10-8-6-4-2/h20-22H,3-18H2,1-2H3/t20?,21-,22?,23-. The lowest BCUT2D eigenvalue weighted by atomic mass is 9.59. The first-order valence-electron chi connectivity index (χ1n) is 11.1. The molecule has 0 aromatic rings. The number of unbranched alkanes of at least 4 members (excludes halogenated alkanes) is 4. The van der Waals surface area contributed by atoms with Crippen LogP contribution >= 0.6 is 0 Å². The van der Waals surface area contributed by atoms with Gasteiger partial charge in [0.05, 0.1) is 11.5 Å². The van der Waals surface area contributed by atoms with Crippen molar-refractivity contribution >= 4 is 0 Å². The highest BCUT2D eigenvalue weighted by molar-refractivity contribution is 5.06. The summed E-state index contributed by atoms with van der Waals surface area (Å²) >= 11 is 0. The Morgan fingerprint density at radius 2 is 1.25 bits per heavy atom. The van der Waals surface area contributed by atoms with Gasteiger partial charge in [-0.15, -0.1) is 0 Å². The average molecular weight is 332 g/mol. The van der Waals surface area contributed by atoms with E-state index in [0.717, 1.165) is 11.8 Å². The van der Waals surface area contributed by atoms with Crippen LogP contribution in [0.2, 0.25) is 0 Å². The average Bonchev–Trinajstić information content (AvgIpc) is 2.63. The first-order chi connectivity index (χ1) is 11.7. The van der Waals surface area contributed by atoms with Crippen molar-refractivity contribution in [2.45, 2.75) is 117 Å². The molecular weight excluding hydrogens is 290 g/mol. The zero-order valence-corrected chi connectivity index (χ0v) is 16.5. The minimum absolute atomic E-state index is 0.0512. The van der Waals surface area contributed by atoms with Gasteiger partial charge in [-0.25, -0.2) is 0 Å². The molecule has 0 heterocycles. The van der Waals surface area contributed by atoms with Crippen molar-refractivity contribution in [2.24, 2.45) is 23.2 Å². The fourth-order valence-corrected chi connectivity index (χ4v) is 5.46. The molecule has 0 bridgehead atoms. The van der Waals surface area contributed by atoms with Crippen LogP contribution in [0.3, 0.4) is 0 Å². The molecule has 0 spiro atoms. The maximum Gasteiger partial charge on any atom is 0.0692 e. The molecule has 1 heteroatoms. The van der Waals surface area contributed by atoms with Crippen molar-refractivity contribution in [1.29, 1.82) is 5.26 Å². The third-order valence-electron chi connectivity index (χ3n) is 7.28. The van der Waals surface area contributed by atoms with Crippen molar-refractivity contribution in [3.8, 4) is 6.07 Å². The van der Waals surface area contributed by atoms with Crippen LogP contribution in [0.15, 0.2) is 0 Å². The number of rotatable bonds is 9. The van der Waals surface area contributed by atoms with Crippen LogP contribution in [-0.4, -0.2) is 0 Å². The molecule has 0 aliphatic heterocycles. The Morgan fingerprint density at radius 1 is 0.750 bits per heavy atom. The summed E-state index contributed by atoms with van der Waals surface area (Å²) in [4.78, 5) is 0. The Hall–Kier alpha value is -0.510. The van der Waals surface area contributed by atoms with E-state index in [1.165, 1.54) is 103 Å². The Bertz CT molecular complexity index is 364. The molecule has 2 fully saturated rings. The second kappa shape index (κ2) is 10.5. The summed E-state index contributed by atoms with van der Waals surface area (Å²) < 4.78 is 0. The second-order valence-corrected chi connectivity index (χ2v) is 8.92. The van der Waals surface area contributed by atoms with Crippen molar-refractivity contribution in [3.63, 3.8) is 0 Å². The summed E-state index contributed by atoms with van der Waals surface area (Å²) in [6, 6.07) is 2.84. The molecule has 0 aromatic carbocycles. The highest BCUT2D eigenvalue weighted by Crippen LogP contribution is 2.51. The number of hydrogen-bond acceptors (Lipinski definition) is 1. The molecule has 0 unspecified atom stereocenters. The third-order valence-corrected chi connectivity index (χ3v) is 7.28. The Morgan fingerprint density at radius 3 is 1.71 bits per heavy atom. The summed E-state index contributed by atoms with van der Waals surface area (Å²) in [7, 11) is 0. The maximum atomic E-state index is 9.98. The Kier molecular flexibility index (Phi) is 8.65. The van der Waals surface area contributed by atoms with E-state index < -0.39 is 0 Å². The van der Waals surface area contributed by atoms with Crippen LogP contribution in [0.1, 0.15) is 117 Å². The fraction of sp³-hybridized carbons (Fsp3) is 0.957. The molecule has 0 N–H and O–H groups in total. The SMILES string of the molecule is CCCCCC1CCC([C@]2(C#N)CC[C@@H](CCCCC)CC2)CC1. The summed E-state index contributed by atoms with van der Waals surface area (Å²) in [5, 5.41) is 9.98. The maximum absolute atomic E-state index is 9.98. The van der Waals surface area contributed by atoms with Gasteiger partial charge in [0.2, 0.25) is 0 Å². The normalized spacial score (nSPS) is 34.0. The molecule has 2 aliphatic carbocycles. The molecule has 0 radical (unpaired) electrons. The first kappa shape index (κ1) is 19.8. The molecule has 0 aromatic heterocycles. The minimum Gasteiger partial charge on any atom is -0.198 e. The van der Waals surface area contributed by atoms with Gasteiger partial charge in [0, 0.05) is 0 Å². The summed E-state index contributed by atoms with van der Waals surface area (Å²) in [6.07, 6.45) is 21.7. The van der Waals surface area contributed by atoms with E-state index >= 15 is 0 Å². The summed E-state index contributed by atoms with van der Waals surface area (Å²) in [5.41, 5.74) is 0.0512. The zero-order valence-electron chi connectivity index (χ0n) is 16.5. The minimum atomic E-state index is 0.0512. The van der Waals surface area contributed by atoms with Gasteiger partial charge < -0.3 is 0 Å². The largest absolute Gasteiger partial charge is 0.198 e. The van der Waals surface area contributed by atoms with Crippen LogP contribution < -0.4 is 0 Å². The zero-order chi connectivity index (χ0) is 17.3. The first-order valence-corrected chi connectivity index (χ1v) is 11.1. The molecule has 24 heavy (non-hydrogen) atoms. The third kappa shape index (κ3) is 5.50. The van der Waals surface area contributed by atoms with Crippen LogP contribution in [0, 0.1) is 34.5 Å². The lowest BCUT2D eigenvalue weighted by Gasteiger charge is -2.43. The summed E-state index contributed by atoms with van der Waals surface area (Å²) in [5.74, 6) is 2.60. The fourth-order valence-electron chi connectivity index (χ4n) is 5.46. The van der Waals surface area contributed by atoms with Crippen molar-refractivity contribution in [1.82, 2.24) is 0 Å². The second-order valence-electron chi connectivity index (χ2n) is 8.92. The monoisotopic (exact) mass is 331 g/mol. The number of hydrogen-bond donors (Lipinski definition) is 0. The van der Waals surface area contributed by atoms with Gasteiger partial charge in [0.25, 0.3) is 0 Å². The van der Waals surface area contributed by atoms with Crippen molar-refractivity contribution in [2.75, 3.05) is 0 Å². The van der Waals surface area contributed by atoms with Gasteiger partial charge in [-0.2, -0.15) is 5.26 Å². The number of nitriles is 1. The van der Waals surface area contributed by atoms with Gasteiger partial charge in [-0.1, -0.05) is 78.1 Å². The van der Waals surface area contributed by atoms with Gasteiger partial charge in [0.15, 0.2) is 0 Å². The molecule has 2 rings (SSSR count). The Balaban J connectivity index is 1.75. The smallest absolute Gasteiger partial charge is 0.0692 e. The van der Waals surface area contributed by atoms with Gasteiger partial charge in [0.1, 0.15) is 0 Å². The van der Waals surface area contributed by atoms with Crippen LogP contribution in [0.4, 0.5) is 0 Å².